The highest BCUT2D eigenvalue weighted by Gasteiger charge is 2.32. The van der Waals surface area contributed by atoms with E-state index in [1.165, 1.54) is 25.5 Å². The minimum Gasteiger partial charge on any atom is -0.365 e. The lowest BCUT2D eigenvalue weighted by atomic mass is 9.96. The molecule has 8 heteroatoms. The van der Waals surface area contributed by atoms with Crippen molar-refractivity contribution >= 4 is 17.5 Å². The van der Waals surface area contributed by atoms with E-state index in [-0.39, 0.29) is 17.5 Å². The monoisotopic (exact) mass is 446 g/mol. The van der Waals surface area contributed by atoms with Gasteiger partial charge in [-0.2, -0.15) is 5.10 Å². The topological polar surface area (TPSA) is 96.8 Å². The fraction of sp³-hybridized carbons (Fsp3) is 0.440. The summed E-state index contributed by atoms with van der Waals surface area (Å²) in [4.78, 5) is 34.4. The highest BCUT2D eigenvalue weighted by molar-refractivity contribution is 5.98. The Kier molecular flexibility index (Phi) is 6.09. The molecule has 2 fully saturated rings. The average molecular weight is 447 g/mol. The number of benzene rings is 1. The molecule has 2 aromatic heterocycles. The minimum atomic E-state index is -0.558. The van der Waals surface area contributed by atoms with Gasteiger partial charge in [-0.25, -0.2) is 9.50 Å². The van der Waals surface area contributed by atoms with Crippen molar-refractivity contribution in [3.8, 4) is 0 Å². The van der Waals surface area contributed by atoms with Crippen molar-refractivity contribution in [1.29, 1.82) is 0 Å². The first-order valence-electron chi connectivity index (χ1n) is 11.9. The summed E-state index contributed by atoms with van der Waals surface area (Å²) in [5, 5.41) is 4.39. The summed E-state index contributed by atoms with van der Waals surface area (Å²) in [7, 11) is 0. The zero-order valence-corrected chi connectivity index (χ0v) is 18.8. The van der Waals surface area contributed by atoms with Gasteiger partial charge in [0.2, 0.25) is 0 Å². The zero-order valence-electron chi connectivity index (χ0n) is 18.8. The van der Waals surface area contributed by atoms with E-state index in [4.69, 9.17) is 5.73 Å². The SMILES string of the molecule is NC(=O)c1cnn2c([C@H]3CCCCN3C(=O)c3ccccc3CN3CCCCC3)ccnc12. The molecule has 3 aromatic rings. The number of nitrogens with zero attached hydrogens (tertiary/aromatic N) is 5. The van der Waals surface area contributed by atoms with E-state index >= 15 is 0 Å². The molecule has 2 N–H and O–H groups in total. The number of amides is 2. The number of rotatable bonds is 5. The van der Waals surface area contributed by atoms with Crippen LogP contribution < -0.4 is 5.73 Å². The van der Waals surface area contributed by atoms with Gasteiger partial charge < -0.3 is 10.6 Å². The molecule has 5 rings (SSSR count). The predicted octanol–water partition coefficient (Wildman–Crippen LogP) is 3.18. The number of carbonyl (C=O) groups is 2. The van der Waals surface area contributed by atoms with Crippen molar-refractivity contribution in [3.05, 3.63) is 65.1 Å². The number of piperidine rings is 2. The van der Waals surface area contributed by atoms with Crippen molar-refractivity contribution in [2.75, 3.05) is 19.6 Å². The highest BCUT2D eigenvalue weighted by atomic mass is 16.2. The lowest BCUT2D eigenvalue weighted by molar-refractivity contribution is 0.0600. The number of likely N-dealkylation sites (tertiary alicyclic amines) is 2. The van der Waals surface area contributed by atoms with Gasteiger partial charge in [-0.05, 0) is 62.9 Å². The number of hydrogen-bond acceptors (Lipinski definition) is 5. The summed E-state index contributed by atoms with van der Waals surface area (Å²) in [5.74, 6) is -0.502. The van der Waals surface area contributed by atoms with Gasteiger partial charge in [-0.15, -0.1) is 0 Å². The minimum absolute atomic E-state index is 0.0551. The van der Waals surface area contributed by atoms with E-state index in [1.807, 2.05) is 29.2 Å². The van der Waals surface area contributed by atoms with Crippen LogP contribution in [0.3, 0.4) is 0 Å². The van der Waals surface area contributed by atoms with Gasteiger partial charge in [0, 0.05) is 24.8 Å². The van der Waals surface area contributed by atoms with Crippen molar-refractivity contribution in [2.24, 2.45) is 5.73 Å². The van der Waals surface area contributed by atoms with Crippen LogP contribution in [0.15, 0.2) is 42.7 Å². The summed E-state index contributed by atoms with van der Waals surface area (Å²) >= 11 is 0. The van der Waals surface area contributed by atoms with Gasteiger partial charge >= 0.3 is 0 Å². The first-order chi connectivity index (χ1) is 16.1. The molecule has 33 heavy (non-hydrogen) atoms. The smallest absolute Gasteiger partial charge is 0.254 e. The van der Waals surface area contributed by atoms with Gasteiger partial charge in [0.05, 0.1) is 17.9 Å². The molecule has 0 unspecified atom stereocenters. The second-order valence-corrected chi connectivity index (χ2v) is 9.03. The fourth-order valence-corrected chi connectivity index (χ4v) is 5.20. The van der Waals surface area contributed by atoms with E-state index in [1.54, 1.807) is 10.7 Å². The Labute approximate surface area is 193 Å². The molecule has 0 radical (unpaired) electrons. The second-order valence-electron chi connectivity index (χ2n) is 9.03. The normalized spacial score (nSPS) is 19.6. The molecule has 0 saturated carbocycles. The zero-order chi connectivity index (χ0) is 22.8. The number of fused-ring (bicyclic) bond motifs is 1. The Morgan fingerprint density at radius 3 is 2.58 bits per heavy atom. The van der Waals surface area contributed by atoms with Crippen LogP contribution in [0.4, 0.5) is 0 Å². The molecule has 4 heterocycles. The third-order valence-electron chi connectivity index (χ3n) is 6.89. The summed E-state index contributed by atoms with van der Waals surface area (Å²) in [5.41, 5.74) is 8.94. The lowest BCUT2D eigenvalue weighted by Gasteiger charge is -2.36. The molecule has 2 amide bonds. The molecule has 0 bridgehead atoms. The maximum atomic E-state index is 13.9. The average Bonchev–Trinajstić information content (AvgIpc) is 3.29. The third-order valence-corrected chi connectivity index (χ3v) is 6.89. The van der Waals surface area contributed by atoms with E-state index in [0.717, 1.165) is 55.7 Å². The summed E-state index contributed by atoms with van der Waals surface area (Å²) in [6, 6.07) is 9.75. The van der Waals surface area contributed by atoms with Crippen LogP contribution in [-0.2, 0) is 6.54 Å². The molecule has 1 aromatic carbocycles. The Morgan fingerprint density at radius 1 is 0.970 bits per heavy atom. The van der Waals surface area contributed by atoms with Gasteiger partial charge in [-0.3, -0.25) is 14.5 Å². The van der Waals surface area contributed by atoms with Crippen LogP contribution in [0.2, 0.25) is 0 Å². The first kappa shape index (κ1) is 21.6. The highest BCUT2D eigenvalue weighted by Crippen LogP contribution is 2.33. The molecular formula is C25H30N6O2. The van der Waals surface area contributed by atoms with Crippen molar-refractivity contribution in [3.63, 3.8) is 0 Å². The Bertz CT molecular complexity index is 1170. The molecule has 172 valence electrons. The summed E-state index contributed by atoms with van der Waals surface area (Å²) in [6.07, 6.45) is 9.69. The summed E-state index contributed by atoms with van der Waals surface area (Å²) in [6.45, 7) is 3.67. The van der Waals surface area contributed by atoms with Crippen LogP contribution >= 0.6 is 0 Å². The molecular weight excluding hydrogens is 416 g/mol. The van der Waals surface area contributed by atoms with Crippen molar-refractivity contribution < 1.29 is 9.59 Å². The number of nitrogens with two attached hydrogens (primary N) is 1. The molecule has 1 atom stereocenters. The van der Waals surface area contributed by atoms with E-state index in [9.17, 15) is 9.59 Å². The lowest BCUT2D eigenvalue weighted by Crippen LogP contribution is -2.40. The Hall–Kier alpha value is -3.26. The molecule has 0 spiro atoms. The maximum Gasteiger partial charge on any atom is 0.254 e. The van der Waals surface area contributed by atoms with E-state index in [2.05, 4.69) is 21.0 Å². The third kappa shape index (κ3) is 4.23. The first-order valence-corrected chi connectivity index (χ1v) is 11.9. The van der Waals surface area contributed by atoms with Crippen LogP contribution in [0.5, 0.6) is 0 Å². The van der Waals surface area contributed by atoms with Crippen LogP contribution in [0.25, 0.3) is 5.65 Å². The largest absolute Gasteiger partial charge is 0.365 e. The Morgan fingerprint density at radius 2 is 1.76 bits per heavy atom. The number of primary amides is 1. The number of carbonyl (C=O) groups excluding carboxylic acids is 2. The van der Waals surface area contributed by atoms with Gasteiger partial charge in [0.1, 0.15) is 5.56 Å². The van der Waals surface area contributed by atoms with Crippen molar-refractivity contribution in [2.45, 2.75) is 51.1 Å². The predicted molar refractivity (Wildman–Crippen MR) is 125 cm³/mol. The van der Waals surface area contributed by atoms with Crippen molar-refractivity contribution in [1.82, 2.24) is 24.4 Å². The molecule has 0 aliphatic carbocycles. The fourth-order valence-electron chi connectivity index (χ4n) is 5.20. The van der Waals surface area contributed by atoms with Crippen LogP contribution in [-0.4, -0.2) is 55.8 Å². The number of aromatic nitrogens is 3. The van der Waals surface area contributed by atoms with Crippen LogP contribution in [0, 0.1) is 0 Å². The quantitative estimate of drug-likeness (QED) is 0.649. The Balaban J connectivity index is 1.47. The molecule has 2 saturated heterocycles. The standard InChI is InChI=1S/C25H30N6O2/c26-23(32)20-16-28-31-22(11-12-27-24(20)31)21-10-4-7-15-30(21)25(33)19-9-3-2-8-18(19)17-29-13-5-1-6-14-29/h2-3,8-9,11-12,16,21H,1,4-7,10,13-15,17H2,(H2,26,32)/t21-/m1/s1. The van der Waals surface area contributed by atoms with E-state index < -0.39 is 5.91 Å². The maximum absolute atomic E-state index is 13.9. The van der Waals surface area contributed by atoms with Gasteiger partial charge in [0.25, 0.3) is 11.8 Å². The van der Waals surface area contributed by atoms with Crippen LogP contribution in [0.1, 0.15) is 76.5 Å². The number of hydrogen-bond donors (Lipinski definition) is 1. The molecule has 8 nitrogen and oxygen atoms in total. The molecule has 2 aliphatic rings. The second kappa shape index (κ2) is 9.31. The van der Waals surface area contributed by atoms with Gasteiger partial charge in [0.15, 0.2) is 5.65 Å². The molecule has 2 aliphatic heterocycles. The van der Waals surface area contributed by atoms with Gasteiger partial charge in [-0.1, -0.05) is 24.6 Å². The summed E-state index contributed by atoms with van der Waals surface area (Å²) < 4.78 is 1.66. The van der Waals surface area contributed by atoms with E-state index in [0.29, 0.717) is 12.2 Å².